The number of nitrogens with zero attached hydrogens (tertiary/aromatic N) is 3. The lowest BCUT2D eigenvalue weighted by molar-refractivity contribution is -0.203. The fraction of sp³-hybridized carbons (Fsp3) is 0.490. The Labute approximate surface area is 413 Å². The molecule has 23 nitrogen and oxygen atoms in total. The van der Waals surface area contributed by atoms with Crippen LogP contribution >= 0.6 is 0 Å². The molecule has 0 saturated carbocycles. The summed E-state index contributed by atoms with van der Waals surface area (Å²) in [4.78, 5) is 109. The first kappa shape index (κ1) is 52.8. The third-order valence-electron chi connectivity index (χ3n) is 13.6. The number of ketones is 3. The lowest BCUT2D eigenvalue weighted by Gasteiger charge is -2.37. The van der Waals surface area contributed by atoms with Crippen LogP contribution in [0.25, 0.3) is 0 Å². The molecule has 4 heterocycles. The Bertz CT molecular complexity index is 2600. The first-order chi connectivity index (χ1) is 34.4. The van der Waals surface area contributed by atoms with Gasteiger partial charge in [-0.2, -0.15) is 0 Å². The molecule has 3 aromatic rings. The lowest BCUT2D eigenvalue weighted by Crippen LogP contribution is -2.61. The predicted octanol–water partition coefficient (Wildman–Crippen LogP) is -0.875. The van der Waals surface area contributed by atoms with Crippen molar-refractivity contribution in [3.05, 3.63) is 81.7 Å². The van der Waals surface area contributed by atoms with Gasteiger partial charge in [-0.05, 0) is 58.1 Å². The maximum atomic E-state index is 13.1. The number of pyridine rings is 1. The minimum Gasteiger partial charge on any atom is -0.507 e. The van der Waals surface area contributed by atoms with Crippen LogP contribution in [0.3, 0.4) is 0 Å². The Balaban J connectivity index is 0.000000232. The zero-order valence-electron chi connectivity index (χ0n) is 39.9. The summed E-state index contributed by atoms with van der Waals surface area (Å²) >= 11 is 0. The number of aromatic nitrogens is 1. The zero-order chi connectivity index (χ0) is 52.0. The van der Waals surface area contributed by atoms with Crippen LogP contribution in [0.15, 0.2) is 42.7 Å². The summed E-state index contributed by atoms with van der Waals surface area (Å²) in [6, 6.07) is 4.61. The van der Waals surface area contributed by atoms with Crippen molar-refractivity contribution >= 4 is 47.1 Å². The second kappa shape index (κ2) is 23.0. The van der Waals surface area contributed by atoms with Gasteiger partial charge in [0.1, 0.15) is 54.7 Å². The van der Waals surface area contributed by atoms with Gasteiger partial charge in [-0.1, -0.05) is 18.2 Å². The highest BCUT2D eigenvalue weighted by Crippen LogP contribution is 2.47. The molecule has 5 amide bonds. The van der Waals surface area contributed by atoms with Crippen molar-refractivity contribution in [3.8, 4) is 17.2 Å². The molecule has 1 aromatic heterocycles. The predicted molar refractivity (Wildman–Crippen MR) is 249 cm³/mol. The third kappa shape index (κ3) is 11.2. The number of benzene rings is 2. The number of Topliss-reactive ketones (excluding diaryl/α,β-unsaturated/α-hetero) is 1. The number of ether oxygens (including phenoxy) is 3. The molecule has 3 fully saturated rings. The van der Waals surface area contributed by atoms with E-state index in [4.69, 9.17) is 19.3 Å². The molecule has 0 bridgehead atoms. The number of carbonyl (C=O) groups excluding carboxylic acids is 8. The molecule has 8 atom stereocenters. The number of methoxy groups -OCH3 is 1. The molecular formula is C49H59N7O16. The second-order valence-electron chi connectivity index (χ2n) is 18.2. The van der Waals surface area contributed by atoms with Crippen molar-refractivity contribution in [2.75, 3.05) is 46.4 Å². The summed E-state index contributed by atoms with van der Waals surface area (Å²) in [5.41, 5.74) is 1.00. The number of piperazine rings is 1. The van der Waals surface area contributed by atoms with E-state index in [9.17, 15) is 58.8 Å². The Kier molecular flexibility index (Phi) is 16.9. The minimum atomic E-state index is -1.12. The van der Waals surface area contributed by atoms with Gasteiger partial charge in [-0.3, -0.25) is 43.4 Å². The van der Waals surface area contributed by atoms with Gasteiger partial charge in [0.2, 0.25) is 29.4 Å². The monoisotopic (exact) mass is 1000 g/mol. The number of hydrogen-bond donors (Lipinski definition) is 9. The maximum Gasteiger partial charge on any atom is 0.410 e. The summed E-state index contributed by atoms with van der Waals surface area (Å²) in [5.74, 6) is -4.68. The summed E-state index contributed by atoms with van der Waals surface area (Å²) in [6.07, 6.45) is 1.41. The molecule has 0 radical (unpaired) electrons. The van der Waals surface area contributed by atoms with E-state index in [1.165, 1.54) is 29.9 Å². The zero-order valence-corrected chi connectivity index (χ0v) is 39.9. The average molecular weight is 1000 g/mol. The number of carbonyl (C=O) groups is 8. The molecule has 23 heteroatoms. The molecule has 3 saturated heterocycles. The van der Waals surface area contributed by atoms with E-state index in [-0.39, 0.29) is 89.8 Å². The number of phenolic OH excluding ortho intramolecular Hbond substituents is 2. The van der Waals surface area contributed by atoms with E-state index in [0.29, 0.717) is 43.5 Å². The Hall–Kier alpha value is -7.05. The molecule has 5 aliphatic rings. The molecule has 72 heavy (non-hydrogen) atoms. The number of phenols is 2. The minimum absolute atomic E-state index is 0.00284. The topological polar surface area (TPSA) is 333 Å². The van der Waals surface area contributed by atoms with E-state index in [1.54, 1.807) is 43.6 Å². The summed E-state index contributed by atoms with van der Waals surface area (Å²) < 4.78 is 15.7. The average Bonchev–Trinajstić information content (AvgIpc) is 3.89. The number of aliphatic hydroxyl groups is 3. The largest absolute Gasteiger partial charge is 0.507 e. The number of amides is 5. The van der Waals surface area contributed by atoms with E-state index in [2.05, 4.69) is 26.3 Å². The van der Waals surface area contributed by atoms with Crippen LogP contribution in [-0.4, -0.2) is 176 Å². The van der Waals surface area contributed by atoms with Crippen LogP contribution in [0.5, 0.6) is 17.2 Å². The third-order valence-corrected chi connectivity index (χ3v) is 13.6. The van der Waals surface area contributed by atoms with Crippen LogP contribution in [0.1, 0.15) is 88.1 Å². The van der Waals surface area contributed by atoms with Crippen molar-refractivity contribution < 1.29 is 78.1 Å². The van der Waals surface area contributed by atoms with Gasteiger partial charge in [-0.25, -0.2) is 4.79 Å². The van der Waals surface area contributed by atoms with Crippen molar-refractivity contribution in [1.82, 2.24) is 36.1 Å². The number of aliphatic hydroxyl groups excluding tert-OH is 3. The summed E-state index contributed by atoms with van der Waals surface area (Å²) in [5, 5.41) is 61.8. The van der Waals surface area contributed by atoms with Crippen LogP contribution in [0.2, 0.25) is 0 Å². The SMILES string of the molecule is CC(NC(=O)C1CNCCN1C(=O)OCc1cccnc1)C(=O)NCC(=O)N1CCCC1C(=O)NC1CC(O)OC(C)C1O.COc1cccc2c1C(=O)c1c(O)c3c(c(O)c1C2=O)CC(C(=O)CO)CC3. The number of nitrogens with one attached hydrogen (secondary N) is 4. The van der Waals surface area contributed by atoms with E-state index >= 15 is 0 Å². The summed E-state index contributed by atoms with van der Waals surface area (Å²) in [7, 11) is 1.38. The Morgan fingerprint density at radius 2 is 1.68 bits per heavy atom. The van der Waals surface area contributed by atoms with Crippen molar-refractivity contribution in [2.24, 2.45) is 5.92 Å². The van der Waals surface area contributed by atoms with Crippen LogP contribution in [-0.2, 0) is 52.9 Å². The molecule has 2 aliphatic carbocycles. The van der Waals surface area contributed by atoms with Crippen LogP contribution in [0.4, 0.5) is 4.79 Å². The normalized spacial score (nSPS) is 23.7. The fourth-order valence-corrected chi connectivity index (χ4v) is 9.70. The van der Waals surface area contributed by atoms with Gasteiger partial charge in [0, 0.05) is 73.2 Å². The van der Waals surface area contributed by atoms with Gasteiger partial charge in [-0.15, -0.1) is 0 Å². The number of rotatable bonds is 12. The van der Waals surface area contributed by atoms with E-state index in [1.807, 2.05) is 0 Å². The van der Waals surface area contributed by atoms with Crippen LogP contribution in [0, 0.1) is 5.92 Å². The van der Waals surface area contributed by atoms with Crippen molar-refractivity contribution in [3.63, 3.8) is 0 Å². The highest BCUT2D eigenvalue weighted by molar-refractivity contribution is 6.31. The molecule has 9 N–H and O–H groups in total. The quantitative estimate of drug-likeness (QED) is 0.0779. The van der Waals surface area contributed by atoms with Crippen molar-refractivity contribution in [2.45, 2.75) is 102 Å². The number of aromatic hydroxyl groups is 2. The van der Waals surface area contributed by atoms with Gasteiger partial charge >= 0.3 is 6.09 Å². The number of hydrogen-bond acceptors (Lipinski definition) is 18. The lowest BCUT2D eigenvalue weighted by atomic mass is 9.75. The molecule has 0 spiro atoms. The maximum absolute atomic E-state index is 13.1. The number of likely N-dealkylation sites (tertiary alicyclic amines) is 1. The highest BCUT2D eigenvalue weighted by Gasteiger charge is 2.43. The van der Waals surface area contributed by atoms with Crippen LogP contribution < -0.4 is 26.0 Å². The van der Waals surface area contributed by atoms with Gasteiger partial charge in [0.05, 0.1) is 42.5 Å². The van der Waals surface area contributed by atoms with Crippen molar-refractivity contribution in [1.29, 1.82) is 0 Å². The summed E-state index contributed by atoms with van der Waals surface area (Å²) in [6.45, 7) is 3.23. The molecule has 386 valence electrons. The molecule has 3 aliphatic heterocycles. The smallest absolute Gasteiger partial charge is 0.410 e. The highest BCUT2D eigenvalue weighted by atomic mass is 16.6. The van der Waals surface area contributed by atoms with E-state index < -0.39 is 103 Å². The number of fused-ring (bicyclic) bond motifs is 3. The van der Waals surface area contributed by atoms with Gasteiger partial charge in [0.25, 0.3) is 0 Å². The Morgan fingerprint density at radius 1 is 0.931 bits per heavy atom. The first-order valence-corrected chi connectivity index (χ1v) is 23.7. The van der Waals surface area contributed by atoms with Gasteiger partial charge < -0.3 is 65.9 Å². The Morgan fingerprint density at radius 3 is 2.40 bits per heavy atom. The first-order valence-electron chi connectivity index (χ1n) is 23.7. The fourth-order valence-electron chi connectivity index (χ4n) is 9.70. The van der Waals surface area contributed by atoms with Gasteiger partial charge in [0.15, 0.2) is 17.9 Å². The van der Waals surface area contributed by atoms with E-state index in [0.717, 1.165) is 0 Å². The molecule has 8 rings (SSSR count). The molecular weight excluding hydrogens is 943 g/mol. The second-order valence-corrected chi connectivity index (χ2v) is 18.2. The molecule has 2 aromatic carbocycles. The standard InChI is InChI=1S/C28H41N7O9.C21H18O7/c1-16(32-27(41)21-13-30-8-10-35(21)28(42)43-15-18-5-3-7-29-12-18)25(39)31-14-22(36)34-9-4-6-20(34)26(40)33-19-11-23(37)44-17(2)24(19)38;1-28-14-4-2-3-11-15(14)21(27)17-16(19(11)25)20(26)12-7-9(13(23)8-22)5-6-10(12)18(17)24/h3,5,7,12,16-17,19-21,23-24,30,37-38H,4,6,8-11,13-15H2,1-2H3,(H,31,39)(H,32,41)(H,33,40);2-4,9,22,24,26H,5-8H2,1H3. The molecule has 8 unspecified atom stereocenters.